The third kappa shape index (κ3) is 8.69. The first-order chi connectivity index (χ1) is 23.0. The van der Waals surface area contributed by atoms with Crippen molar-refractivity contribution in [2.45, 2.75) is 62.6 Å². The molecule has 11 heteroatoms. The van der Waals surface area contributed by atoms with Gasteiger partial charge in [0.1, 0.15) is 18.3 Å². The van der Waals surface area contributed by atoms with Crippen molar-refractivity contribution in [3.05, 3.63) is 124 Å². The normalized spacial score (nSPS) is 13.9. The zero-order valence-corrected chi connectivity index (χ0v) is 29.3. The lowest BCUT2D eigenvalue weighted by atomic mass is 10.0. The lowest BCUT2D eigenvalue weighted by Gasteiger charge is -2.34. The fourth-order valence-corrected chi connectivity index (χ4v) is 7.75. The minimum atomic E-state index is -4.23. The minimum Gasteiger partial charge on any atom is -0.497 e. The molecule has 5 rings (SSSR count). The molecule has 1 fully saturated rings. The van der Waals surface area contributed by atoms with Crippen LogP contribution in [0.3, 0.4) is 0 Å². The number of nitrogens with one attached hydrogen (secondary N) is 1. The largest absolute Gasteiger partial charge is 0.497 e. The van der Waals surface area contributed by atoms with Crippen LogP contribution in [0.5, 0.6) is 5.75 Å². The average Bonchev–Trinajstić information content (AvgIpc) is 3.59. The number of methoxy groups -OCH3 is 1. The summed E-state index contributed by atoms with van der Waals surface area (Å²) in [6, 6.07) is 26.3. The zero-order valence-electron chi connectivity index (χ0n) is 26.9. The van der Waals surface area contributed by atoms with Crippen LogP contribution in [-0.4, -0.2) is 50.9 Å². The maximum Gasteiger partial charge on any atom is 0.264 e. The summed E-state index contributed by atoms with van der Waals surface area (Å²) in [5.74, 6) is -0.347. The molecule has 48 heavy (non-hydrogen) atoms. The topological polar surface area (TPSA) is 96.0 Å². The van der Waals surface area contributed by atoms with Gasteiger partial charge in [-0.15, -0.1) is 0 Å². The number of sulfonamides is 1. The Labute approximate surface area is 292 Å². The molecule has 1 N–H and O–H groups in total. The number of carbonyl (C=O) groups is 2. The Hall–Kier alpha value is -4.05. The Morgan fingerprint density at radius 1 is 0.917 bits per heavy atom. The van der Waals surface area contributed by atoms with Crippen LogP contribution in [0.4, 0.5) is 5.69 Å². The van der Waals surface area contributed by atoms with Crippen LogP contribution in [0, 0.1) is 6.92 Å². The molecule has 4 aromatic carbocycles. The van der Waals surface area contributed by atoms with E-state index in [1.165, 1.54) is 24.1 Å². The van der Waals surface area contributed by atoms with Gasteiger partial charge in [-0.2, -0.15) is 0 Å². The van der Waals surface area contributed by atoms with E-state index in [0.29, 0.717) is 21.4 Å². The summed E-state index contributed by atoms with van der Waals surface area (Å²) in [5, 5.41) is 3.93. The second-order valence-corrected chi connectivity index (χ2v) is 14.7. The number of amides is 2. The molecular weight excluding hydrogens is 669 g/mol. The number of benzene rings is 4. The van der Waals surface area contributed by atoms with Crippen molar-refractivity contribution in [2.75, 3.05) is 18.0 Å². The molecule has 0 bridgehead atoms. The number of rotatable bonds is 13. The Kier molecular flexibility index (Phi) is 11.7. The van der Waals surface area contributed by atoms with Gasteiger partial charge in [0.2, 0.25) is 11.8 Å². The number of halogens is 2. The molecule has 0 heterocycles. The van der Waals surface area contributed by atoms with E-state index >= 15 is 0 Å². The van der Waals surface area contributed by atoms with Crippen LogP contribution in [0.15, 0.2) is 102 Å². The third-order valence-electron chi connectivity index (χ3n) is 8.58. The van der Waals surface area contributed by atoms with Crippen LogP contribution < -0.4 is 14.4 Å². The van der Waals surface area contributed by atoms with Gasteiger partial charge in [-0.05, 0) is 79.4 Å². The fourth-order valence-electron chi connectivity index (χ4n) is 5.87. The molecule has 0 aromatic heterocycles. The smallest absolute Gasteiger partial charge is 0.264 e. The van der Waals surface area contributed by atoms with E-state index in [1.807, 2.05) is 37.3 Å². The Bertz CT molecular complexity index is 1810. The summed E-state index contributed by atoms with van der Waals surface area (Å²) in [4.78, 5) is 30.3. The monoisotopic (exact) mass is 707 g/mol. The van der Waals surface area contributed by atoms with Crippen molar-refractivity contribution >= 4 is 50.7 Å². The molecule has 0 unspecified atom stereocenters. The standard InChI is InChI=1S/C37H39Cl2N3O5S/c1-26-12-20-33(21-13-26)48(45,46)42(31-16-18-32(47-2)19-17-31)25-36(43)41(24-28-14-15-29(38)23-34(28)39)35(22-27-8-4-3-5-9-27)37(44)40-30-10-6-7-11-30/h3-5,8-9,12-21,23,30,35H,6-7,10-11,22,24-25H2,1-2H3,(H,40,44)/t35-/m1/s1. The predicted octanol–water partition coefficient (Wildman–Crippen LogP) is 7.20. The first-order valence-corrected chi connectivity index (χ1v) is 18.1. The van der Waals surface area contributed by atoms with E-state index in [9.17, 15) is 18.0 Å². The zero-order chi connectivity index (χ0) is 34.3. The SMILES string of the molecule is COc1ccc(N(CC(=O)N(Cc2ccc(Cl)cc2Cl)[C@H](Cc2ccccc2)C(=O)NC2CCCC2)S(=O)(=O)c2ccc(C)cc2)cc1. The van der Waals surface area contributed by atoms with Crippen molar-refractivity contribution in [3.8, 4) is 5.75 Å². The summed E-state index contributed by atoms with van der Waals surface area (Å²) in [6.45, 7) is 1.24. The highest BCUT2D eigenvalue weighted by Gasteiger charge is 2.36. The molecule has 0 aliphatic heterocycles. The van der Waals surface area contributed by atoms with Gasteiger partial charge >= 0.3 is 0 Å². The number of ether oxygens (including phenoxy) is 1. The summed E-state index contributed by atoms with van der Waals surface area (Å²) >= 11 is 12.8. The van der Waals surface area contributed by atoms with Crippen molar-refractivity contribution in [1.82, 2.24) is 10.2 Å². The first-order valence-electron chi connectivity index (χ1n) is 15.9. The van der Waals surface area contributed by atoms with E-state index in [0.717, 1.165) is 41.1 Å². The number of carbonyl (C=O) groups excluding carboxylic acids is 2. The lowest BCUT2D eigenvalue weighted by molar-refractivity contribution is -0.140. The number of hydrogen-bond acceptors (Lipinski definition) is 5. The van der Waals surface area contributed by atoms with Gasteiger partial charge < -0.3 is 15.0 Å². The van der Waals surface area contributed by atoms with Crippen molar-refractivity contribution < 1.29 is 22.7 Å². The molecule has 1 saturated carbocycles. The van der Waals surface area contributed by atoms with Crippen LogP contribution in [-0.2, 0) is 32.6 Å². The Balaban J connectivity index is 1.58. The van der Waals surface area contributed by atoms with Crippen molar-refractivity contribution in [3.63, 3.8) is 0 Å². The summed E-state index contributed by atoms with van der Waals surface area (Å²) < 4.78 is 34.9. The Morgan fingerprint density at radius 2 is 1.58 bits per heavy atom. The average molecular weight is 709 g/mol. The minimum absolute atomic E-state index is 0.00422. The quantitative estimate of drug-likeness (QED) is 0.159. The number of nitrogens with zero attached hydrogens (tertiary/aromatic N) is 2. The van der Waals surface area contributed by atoms with Crippen LogP contribution in [0.1, 0.15) is 42.4 Å². The van der Waals surface area contributed by atoms with Crippen LogP contribution >= 0.6 is 23.2 Å². The van der Waals surface area contributed by atoms with Gasteiger partial charge in [0, 0.05) is 29.1 Å². The van der Waals surface area contributed by atoms with E-state index in [4.69, 9.17) is 27.9 Å². The summed E-state index contributed by atoms with van der Waals surface area (Å²) in [7, 11) is -2.71. The van der Waals surface area contributed by atoms with Gasteiger partial charge in [0.25, 0.3) is 10.0 Å². The molecule has 252 valence electrons. The van der Waals surface area contributed by atoms with Crippen molar-refractivity contribution in [1.29, 1.82) is 0 Å². The highest BCUT2D eigenvalue weighted by Crippen LogP contribution is 2.29. The van der Waals surface area contributed by atoms with Gasteiger partial charge in [-0.3, -0.25) is 13.9 Å². The lowest BCUT2D eigenvalue weighted by Crippen LogP contribution is -2.54. The van der Waals surface area contributed by atoms with E-state index in [2.05, 4.69) is 5.32 Å². The number of hydrogen-bond donors (Lipinski definition) is 1. The molecule has 1 atom stereocenters. The number of aryl methyl sites for hydroxylation is 1. The molecule has 0 spiro atoms. The van der Waals surface area contributed by atoms with Crippen molar-refractivity contribution in [2.24, 2.45) is 0 Å². The molecular formula is C37H39Cl2N3O5S. The maximum atomic E-state index is 14.7. The van der Waals surface area contributed by atoms with Gasteiger partial charge in [0.05, 0.1) is 17.7 Å². The molecule has 2 amide bonds. The predicted molar refractivity (Wildman–Crippen MR) is 190 cm³/mol. The second-order valence-electron chi connectivity index (χ2n) is 12.0. The molecule has 0 radical (unpaired) electrons. The molecule has 8 nitrogen and oxygen atoms in total. The highest BCUT2D eigenvalue weighted by molar-refractivity contribution is 7.92. The summed E-state index contributed by atoms with van der Waals surface area (Å²) in [5.41, 5.74) is 2.58. The van der Waals surface area contributed by atoms with Gasteiger partial charge in [-0.1, -0.05) is 90.1 Å². The molecule has 4 aromatic rings. The Morgan fingerprint density at radius 3 is 2.21 bits per heavy atom. The molecule has 0 saturated heterocycles. The molecule has 1 aliphatic carbocycles. The van der Waals surface area contributed by atoms with Crippen LogP contribution in [0.25, 0.3) is 0 Å². The second kappa shape index (κ2) is 15.9. The highest BCUT2D eigenvalue weighted by atomic mass is 35.5. The third-order valence-corrected chi connectivity index (χ3v) is 11.0. The van der Waals surface area contributed by atoms with E-state index in [-0.39, 0.29) is 35.5 Å². The molecule has 1 aliphatic rings. The summed E-state index contributed by atoms with van der Waals surface area (Å²) in [6.07, 6.45) is 3.97. The van der Waals surface area contributed by atoms with E-state index in [1.54, 1.807) is 54.6 Å². The van der Waals surface area contributed by atoms with Gasteiger partial charge in [-0.25, -0.2) is 8.42 Å². The maximum absolute atomic E-state index is 14.7. The first kappa shape index (κ1) is 35.3. The number of anilines is 1. The van der Waals surface area contributed by atoms with Gasteiger partial charge in [0.15, 0.2) is 0 Å². The fraction of sp³-hybridized carbons (Fsp3) is 0.297. The van der Waals surface area contributed by atoms with E-state index < -0.39 is 28.5 Å². The van der Waals surface area contributed by atoms with Crippen LogP contribution in [0.2, 0.25) is 10.0 Å².